The summed E-state index contributed by atoms with van der Waals surface area (Å²) >= 11 is 5.92. The number of rotatable bonds is 6. The zero-order valence-corrected chi connectivity index (χ0v) is 13.0. The quantitative estimate of drug-likeness (QED) is 0.812. The lowest BCUT2D eigenvalue weighted by molar-refractivity contribution is 0.375. The largest absolute Gasteiger partial charge is 0.372 e. The minimum absolute atomic E-state index is 0.00629. The molecule has 114 valence electrons. The lowest BCUT2D eigenvalue weighted by atomic mass is 10.4. The van der Waals surface area contributed by atoms with Crippen LogP contribution in [-0.2, 0) is 16.4 Å². The number of sulfonamides is 1. The third-order valence-electron chi connectivity index (χ3n) is 2.56. The number of aromatic nitrogens is 3. The van der Waals surface area contributed by atoms with Crippen LogP contribution in [0.2, 0.25) is 5.02 Å². The van der Waals surface area contributed by atoms with Crippen molar-refractivity contribution in [2.45, 2.75) is 18.2 Å². The lowest BCUT2D eigenvalue weighted by Gasteiger charge is -2.07. The summed E-state index contributed by atoms with van der Waals surface area (Å²) in [6.07, 6.45) is 1.53. The Morgan fingerprint density at radius 3 is 2.76 bits per heavy atom. The van der Waals surface area contributed by atoms with Crippen molar-refractivity contribution >= 4 is 27.4 Å². The average Bonchev–Trinajstić information content (AvgIpc) is 2.84. The Morgan fingerprint density at radius 1 is 1.43 bits per heavy atom. The summed E-state index contributed by atoms with van der Waals surface area (Å²) in [5.74, 6) is 1.29. The molecule has 2 aromatic rings. The van der Waals surface area contributed by atoms with Crippen LogP contribution < -0.4 is 10.0 Å². The summed E-state index contributed by atoms with van der Waals surface area (Å²) in [7, 11) is -2.04. The zero-order chi connectivity index (χ0) is 15.5. The highest BCUT2D eigenvalue weighted by atomic mass is 35.5. The highest BCUT2D eigenvalue weighted by Crippen LogP contribution is 2.21. The van der Waals surface area contributed by atoms with Gasteiger partial charge in [-0.15, -0.1) is 0 Å². The number of nitrogens with one attached hydrogen (secondary N) is 2. The van der Waals surface area contributed by atoms with Crippen LogP contribution in [0.15, 0.2) is 21.7 Å². The van der Waals surface area contributed by atoms with Crippen molar-refractivity contribution in [2.24, 2.45) is 0 Å². The van der Waals surface area contributed by atoms with E-state index in [0.717, 1.165) is 0 Å². The van der Waals surface area contributed by atoms with Crippen LogP contribution in [-0.4, -0.2) is 37.1 Å². The fourth-order valence-electron chi connectivity index (χ4n) is 1.57. The van der Waals surface area contributed by atoms with Gasteiger partial charge in [-0.05, 0) is 13.0 Å². The summed E-state index contributed by atoms with van der Waals surface area (Å²) in [6, 6.07) is 1.33. The topological polar surface area (TPSA) is 110 Å². The van der Waals surface area contributed by atoms with Crippen molar-refractivity contribution in [1.29, 1.82) is 0 Å². The molecule has 0 saturated carbocycles. The number of anilines is 1. The van der Waals surface area contributed by atoms with Gasteiger partial charge < -0.3 is 9.84 Å². The number of hydrogen-bond acceptors (Lipinski definition) is 7. The smallest absolute Gasteiger partial charge is 0.242 e. The van der Waals surface area contributed by atoms with Crippen LogP contribution in [0.3, 0.4) is 0 Å². The maximum atomic E-state index is 12.1. The van der Waals surface area contributed by atoms with Gasteiger partial charge >= 0.3 is 0 Å². The second-order valence-corrected chi connectivity index (χ2v) is 6.31. The molecule has 0 atom stereocenters. The van der Waals surface area contributed by atoms with Gasteiger partial charge in [0.2, 0.25) is 15.9 Å². The molecule has 0 aliphatic rings. The van der Waals surface area contributed by atoms with Crippen LogP contribution in [0.4, 0.5) is 5.82 Å². The van der Waals surface area contributed by atoms with E-state index in [1.165, 1.54) is 12.3 Å². The minimum atomic E-state index is -3.69. The van der Waals surface area contributed by atoms with Crippen molar-refractivity contribution in [1.82, 2.24) is 19.8 Å². The van der Waals surface area contributed by atoms with E-state index in [2.05, 4.69) is 25.2 Å². The molecule has 0 fully saturated rings. The van der Waals surface area contributed by atoms with Crippen LogP contribution >= 0.6 is 11.6 Å². The van der Waals surface area contributed by atoms with Gasteiger partial charge in [0.05, 0.1) is 5.02 Å². The Bertz CT molecular complexity index is 731. The van der Waals surface area contributed by atoms with E-state index in [0.29, 0.717) is 24.0 Å². The summed E-state index contributed by atoms with van der Waals surface area (Å²) in [5.41, 5.74) is 0. The molecule has 2 N–H and O–H groups in total. The molecule has 0 aromatic carbocycles. The monoisotopic (exact) mass is 331 g/mol. The Kier molecular flexibility index (Phi) is 4.76. The third-order valence-corrected chi connectivity index (χ3v) is 4.28. The number of aryl methyl sites for hydroxylation is 1. The molecule has 0 unspecified atom stereocenters. The maximum Gasteiger partial charge on any atom is 0.242 e. The van der Waals surface area contributed by atoms with Gasteiger partial charge in [-0.2, -0.15) is 4.98 Å². The molecule has 21 heavy (non-hydrogen) atoms. The maximum absolute atomic E-state index is 12.1. The number of pyridine rings is 1. The lowest BCUT2D eigenvalue weighted by Crippen LogP contribution is -2.26. The molecule has 0 aliphatic carbocycles. The normalized spacial score (nSPS) is 11.6. The average molecular weight is 332 g/mol. The number of hydrogen-bond donors (Lipinski definition) is 2. The predicted octanol–water partition coefficient (Wildman–Crippen LogP) is 0.989. The number of halogens is 1. The van der Waals surface area contributed by atoms with E-state index in [9.17, 15) is 8.42 Å². The van der Waals surface area contributed by atoms with E-state index in [4.69, 9.17) is 16.1 Å². The van der Waals surface area contributed by atoms with E-state index in [1.807, 2.05) is 0 Å². The first kappa shape index (κ1) is 15.7. The molecule has 0 radical (unpaired) electrons. The Morgan fingerprint density at radius 2 is 2.19 bits per heavy atom. The van der Waals surface area contributed by atoms with Crippen molar-refractivity contribution in [3.05, 3.63) is 29.0 Å². The molecule has 0 amide bonds. The minimum Gasteiger partial charge on any atom is -0.372 e. The van der Waals surface area contributed by atoms with Gasteiger partial charge in [0.25, 0.3) is 0 Å². The predicted molar refractivity (Wildman–Crippen MR) is 76.7 cm³/mol. The van der Waals surface area contributed by atoms with Crippen molar-refractivity contribution < 1.29 is 12.9 Å². The van der Waals surface area contributed by atoms with Gasteiger partial charge in [-0.3, -0.25) is 0 Å². The first-order chi connectivity index (χ1) is 9.92. The fraction of sp³-hybridized carbons (Fsp3) is 0.364. The van der Waals surface area contributed by atoms with E-state index in [1.54, 1.807) is 14.0 Å². The van der Waals surface area contributed by atoms with Gasteiger partial charge in [-0.25, -0.2) is 18.1 Å². The van der Waals surface area contributed by atoms with Gasteiger partial charge in [0.15, 0.2) is 5.82 Å². The van der Waals surface area contributed by atoms with Gasteiger partial charge in [0, 0.05) is 26.2 Å². The molecular formula is C11H14ClN5O3S. The van der Waals surface area contributed by atoms with Crippen LogP contribution in [0.5, 0.6) is 0 Å². The van der Waals surface area contributed by atoms with E-state index < -0.39 is 10.0 Å². The Balaban J connectivity index is 2.02. The molecule has 2 aromatic heterocycles. The van der Waals surface area contributed by atoms with Crippen LogP contribution in [0, 0.1) is 6.92 Å². The van der Waals surface area contributed by atoms with E-state index in [-0.39, 0.29) is 16.5 Å². The standard InChI is InChI=1S/C11H14ClN5O3S/c1-7-16-10(20-17-7)3-4-15-21(18,19)8-5-9(12)11(13-2)14-6-8/h5-6,15H,3-4H2,1-2H3,(H,13,14). The molecule has 10 heteroatoms. The van der Waals surface area contributed by atoms with Crippen molar-refractivity contribution in [3.8, 4) is 0 Å². The molecule has 0 bridgehead atoms. The first-order valence-electron chi connectivity index (χ1n) is 6.04. The highest BCUT2D eigenvalue weighted by molar-refractivity contribution is 7.89. The summed E-state index contributed by atoms with van der Waals surface area (Å²) in [5, 5.41) is 6.61. The Hall–Kier alpha value is -1.71. The first-order valence-corrected chi connectivity index (χ1v) is 7.90. The molecule has 2 rings (SSSR count). The van der Waals surface area contributed by atoms with Gasteiger partial charge in [-0.1, -0.05) is 16.8 Å². The molecule has 0 saturated heterocycles. The highest BCUT2D eigenvalue weighted by Gasteiger charge is 2.16. The van der Waals surface area contributed by atoms with E-state index >= 15 is 0 Å². The second-order valence-electron chi connectivity index (χ2n) is 4.13. The molecule has 0 aliphatic heterocycles. The number of nitrogens with zero attached hydrogens (tertiary/aromatic N) is 3. The van der Waals surface area contributed by atoms with Crippen molar-refractivity contribution in [2.75, 3.05) is 18.9 Å². The SMILES string of the molecule is CNc1ncc(S(=O)(=O)NCCc2nc(C)no2)cc1Cl. The third kappa shape index (κ3) is 3.90. The second kappa shape index (κ2) is 6.37. The molecular weight excluding hydrogens is 318 g/mol. The van der Waals surface area contributed by atoms with Gasteiger partial charge in [0.1, 0.15) is 10.7 Å². The van der Waals surface area contributed by atoms with Crippen molar-refractivity contribution in [3.63, 3.8) is 0 Å². The van der Waals surface area contributed by atoms with Crippen LogP contribution in [0.25, 0.3) is 0 Å². The Labute approximate surface area is 127 Å². The fourth-order valence-corrected chi connectivity index (χ4v) is 2.90. The molecule has 8 nitrogen and oxygen atoms in total. The summed E-state index contributed by atoms with van der Waals surface area (Å²) < 4.78 is 31.5. The zero-order valence-electron chi connectivity index (χ0n) is 11.4. The molecule has 2 heterocycles. The molecule has 0 spiro atoms. The summed E-state index contributed by atoms with van der Waals surface area (Å²) in [6.45, 7) is 1.82. The summed E-state index contributed by atoms with van der Waals surface area (Å²) in [4.78, 5) is 7.91. The van der Waals surface area contributed by atoms with Crippen LogP contribution in [0.1, 0.15) is 11.7 Å².